The highest BCUT2D eigenvalue weighted by Crippen LogP contribution is 2.28. The van der Waals surface area contributed by atoms with Gasteiger partial charge in [0, 0.05) is 26.3 Å². The summed E-state index contributed by atoms with van der Waals surface area (Å²) in [5.41, 5.74) is 3.04. The molecule has 0 saturated heterocycles. The molecule has 1 aromatic carbocycles. The highest BCUT2D eigenvalue weighted by Gasteiger charge is 2.23. The number of hydrogen-bond acceptors (Lipinski definition) is 2. The van der Waals surface area contributed by atoms with Crippen molar-refractivity contribution in [3.8, 4) is 0 Å². The first kappa shape index (κ1) is 12.4. The van der Waals surface area contributed by atoms with E-state index in [1.54, 1.807) is 19.0 Å². The van der Waals surface area contributed by atoms with Crippen molar-refractivity contribution < 1.29 is 14.7 Å². The highest BCUT2D eigenvalue weighted by molar-refractivity contribution is 6.00. The fraction of sp³-hybridized carbons (Fsp3) is 0.385. The van der Waals surface area contributed by atoms with Gasteiger partial charge in [0.15, 0.2) is 0 Å². The molecule has 1 heterocycles. The first-order chi connectivity index (χ1) is 8.49. The minimum atomic E-state index is -0.925. The van der Waals surface area contributed by atoms with Crippen molar-refractivity contribution in [1.82, 2.24) is 4.90 Å². The Morgan fingerprint density at radius 1 is 1.50 bits per heavy atom. The summed E-state index contributed by atoms with van der Waals surface area (Å²) in [5, 5.41) is 8.76. The normalized spacial score (nSPS) is 13.7. The predicted octanol–water partition coefficient (Wildman–Crippen LogP) is 1.36. The van der Waals surface area contributed by atoms with E-state index in [9.17, 15) is 9.59 Å². The standard InChI is InChI=1S/C13H16N2O3/c1-14(13(17)18)6-5-9-3-4-11-10(7-9)8-12(16)15(11)2/h3-4,7H,5-6,8H2,1-2H3,(H,17,18). The van der Waals surface area contributed by atoms with Crippen LogP contribution in [0.5, 0.6) is 0 Å². The van der Waals surface area contributed by atoms with Gasteiger partial charge in [-0.25, -0.2) is 4.79 Å². The van der Waals surface area contributed by atoms with Crippen LogP contribution in [-0.2, 0) is 17.6 Å². The molecule has 0 spiro atoms. The van der Waals surface area contributed by atoms with Gasteiger partial charge in [0.25, 0.3) is 0 Å². The average molecular weight is 248 g/mol. The fourth-order valence-corrected chi connectivity index (χ4v) is 2.07. The lowest BCUT2D eigenvalue weighted by molar-refractivity contribution is -0.117. The van der Waals surface area contributed by atoms with Gasteiger partial charge in [-0.15, -0.1) is 0 Å². The summed E-state index contributed by atoms with van der Waals surface area (Å²) in [5.74, 6) is 0.102. The molecule has 0 saturated carbocycles. The molecule has 1 aliphatic heterocycles. The first-order valence-corrected chi connectivity index (χ1v) is 5.81. The smallest absolute Gasteiger partial charge is 0.407 e. The van der Waals surface area contributed by atoms with Gasteiger partial charge >= 0.3 is 6.09 Å². The molecule has 0 radical (unpaired) electrons. The Kier molecular flexibility index (Phi) is 3.23. The van der Waals surface area contributed by atoms with E-state index in [1.165, 1.54) is 4.90 Å². The number of hydrogen-bond donors (Lipinski definition) is 1. The lowest BCUT2D eigenvalue weighted by atomic mass is 10.1. The lowest BCUT2D eigenvalue weighted by Crippen LogP contribution is -2.26. The Balaban J connectivity index is 2.07. The number of likely N-dealkylation sites (N-methyl/N-ethyl adjacent to an activating group) is 2. The van der Waals surface area contributed by atoms with Crippen LogP contribution < -0.4 is 4.90 Å². The second kappa shape index (κ2) is 4.68. The molecular weight excluding hydrogens is 232 g/mol. The molecule has 0 fully saturated rings. The number of rotatable bonds is 3. The van der Waals surface area contributed by atoms with Crippen LogP contribution in [0.15, 0.2) is 18.2 Å². The summed E-state index contributed by atoms with van der Waals surface area (Å²) < 4.78 is 0. The van der Waals surface area contributed by atoms with E-state index in [4.69, 9.17) is 5.11 Å². The van der Waals surface area contributed by atoms with Crippen LogP contribution in [0, 0.1) is 0 Å². The summed E-state index contributed by atoms with van der Waals surface area (Å²) in [6.45, 7) is 0.456. The van der Waals surface area contributed by atoms with Crippen LogP contribution >= 0.6 is 0 Å². The lowest BCUT2D eigenvalue weighted by Gasteiger charge is -2.13. The Morgan fingerprint density at radius 3 is 2.89 bits per heavy atom. The monoisotopic (exact) mass is 248 g/mol. The van der Waals surface area contributed by atoms with Crippen LogP contribution in [0.25, 0.3) is 0 Å². The fourth-order valence-electron chi connectivity index (χ4n) is 2.07. The Bertz CT molecular complexity index is 499. The van der Waals surface area contributed by atoms with E-state index in [1.807, 2.05) is 18.2 Å². The van der Waals surface area contributed by atoms with Gasteiger partial charge in [-0.1, -0.05) is 12.1 Å². The zero-order chi connectivity index (χ0) is 13.3. The van der Waals surface area contributed by atoms with E-state index in [2.05, 4.69) is 0 Å². The maximum Gasteiger partial charge on any atom is 0.407 e. The Morgan fingerprint density at radius 2 is 2.22 bits per heavy atom. The third-order valence-electron chi connectivity index (χ3n) is 3.28. The topological polar surface area (TPSA) is 60.9 Å². The predicted molar refractivity (Wildman–Crippen MR) is 67.9 cm³/mol. The molecule has 18 heavy (non-hydrogen) atoms. The highest BCUT2D eigenvalue weighted by atomic mass is 16.4. The Labute approximate surface area is 106 Å². The number of fused-ring (bicyclic) bond motifs is 1. The summed E-state index contributed by atoms with van der Waals surface area (Å²) >= 11 is 0. The maximum absolute atomic E-state index is 11.5. The van der Waals surface area contributed by atoms with Gasteiger partial charge < -0.3 is 14.9 Å². The Hall–Kier alpha value is -2.04. The van der Waals surface area contributed by atoms with Gasteiger partial charge in [0.1, 0.15) is 0 Å². The second-order valence-electron chi connectivity index (χ2n) is 4.55. The van der Waals surface area contributed by atoms with Gasteiger partial charge in [-0.2, -0.15) is 0 Å². The molecule has 0 aromatic heterocycles. The number of carbonyl (C=O) groups is 2. The van der Waals surface area contributed by atoms with Crippen molar-refractivity contribution in [2.45, 2.75) is 12.8 Å². The number of amides is 2. The zero-order valence-corrected chi connectivity index (χ0v) is 10.5. The first-order valence-electron chi connectivity index (χ1n) is 5.81. The zero-order valence-electron chi connectivity index (χ0n) is 10.5. The molecular formula is C13H16N2O3. The molecule has 2 rings (SSSR count). The SMILES string of the molecule is CN(CCc1ccc2c(c1)CC(=O)N2C)C(=O)O. The number of benzene rings is 1. The molecule has 1 N–H and O–H groups in total. The molecule has 5 heteroatoms. The largest absolute Gasteiger partial charge is 0.465 e. The third kappa shape index (κ3) is 2.30. The molecule has 1 aliphatic rings. The molecule has 0 bridgehead atoms. The van der Waals surface area contributed by atoms with E-state index in [0.29, 0.717) is 19.4 Å². The van der Waals surface area contributed by atoms with Crippen molar-refractivity contribution in [2.24, 2.45) is 0 Å². The van der Waals surface area contributed by atoms with Crippen molar-refractivity contribution in [2.75, 3.05) is 25.5 Å². The number of carboxylic acid groups (broad SMARTS) is 1. The number of anilines is 1. The van der Waals surface area contributed by atoms with Crippen molar-refractivity contribution >= 4 is 17.7 Å². The minimum Gasteiger partial charge on any atom is -0.465 e. The maximum atomic E-state index is 11.5. The quantitative estimate of drug-likeness (QED) is 0.878. The van der Waals surface area contributed by atoms with Crippen LogP contribution in [0.2, 0.25) is 0 Å². The van der Waals surface area contributed by atoms with Crippen molar-refractivity contribution in [3.05, 3.63) is 29.3 Å². The summed E-state index contributed by atoms with van der Waals surface area (Å²) in [4.78, 5) is 25.1. The van der Waals surface area contributed by atoms with Crippen molar-refractivity contribution in [3.63, 3.8) is 0 Å². The van der Waals surface area contributed by atoms with E-state index in [0.717, 1.165) is 16.8 Å². The molecule has 5 nitrogen and oxygen atoms in total. The van der Waals surface area contributed by atoms with E-state index < -0.39 is 6.09 Å². The minimum absolute atomic E-state index is 0.102. The van der Waals surface area contributed by atoms with Crippen LogP contribution in [0.1, 0.15) is 11.1 Å². The summed E-state index contributed by atoms with van der Waals surface area (Å²) in [6, 6.07) is 5.87. The van der Waals surface area contributed by atoms with Crippen LogP contribution in [0.3, 0.4) is 0 Å². The van der Waals surface area contributed by atoms with Crippen LogP contribution in [-0.4, -0.2) is 42.6 Å². The second-order valence-corrected chi connectivity index (χ2v) is 4.55. The number of nitrogens with zero attached hydrogens (tertiary/aromatic N) is 2. The van der Waals surface area contributed by atoms with Gasteiger partial charge in [0.2, 0.25) is 5.91 Å². The van der Waals surface area contributed by atoms with E-state index in [-0.39, 0.29) is 5.91 Å². The van der Waals surface area contributed by atoms with E-state index >= 15 is 0 Å². The molecule has 0 atom stereocenters. The van der Waals surface area contributed by atoms with Crippen LogP contribution in [0.4, 0.5) is 10.5 Å². The molecule has 0 aliphatic carbocycles. The molecule has 1 aromatic rings. The summed E-state index contributed by atoms with van der Waals surface area (Å²) in [7, 11) is 3.32. The summed E-state index contributed by atoms with van der Waals surface area (Å²) in [6.07, 6.45) is 0.175. The molecule has 0 unspecified atom stereocenters. The molecule has 96 valence electrons. The van der Waals surface area contributed by atoms with Gasteiger partial charge in [-0.3, -0.25) is 4.79 Å². The third-order valence-corrected chi connectivity index (χ3v) is 3.28. The number of carbonyl (C=O) groups excluding carboxylic acids is 1. The molecule has 2 amide bonds. The van der Waals surface area contributed by atoms with Gasteiger partial charge in [0.05, 0.1) is 6.42 Å². The average Bonchev–Trinajstić information content (AvgIpc) is 2.61. The van der Waals surface area contributed by atoms with Gasteiger partial charge in [-0.05, 0) is 23.6 Å². The van der Waals surface area contributed by atoms with Crippen molar-refractivity contribution in [1.29, 1.82) is 0 Å².